The highest BCUT2D eigenvalue weighted by atomic mass is 32.1. The molecule has 1 heterocycles. The number of esters is 1. The Morgan fingerprint density at radius 3 is 2.76 bits per heavy atom. The Morgan fingerprint density at radius 1 is 1.38 bits per heavy atom. The van der Waals surface area contributed by atoms with Crippen LogP contribution in [0.25, 0.3) is 0 Å². The fraction of sp³-hybridized carbons (Fsp3) is 0.200. The number of rotatable bonds is 6. The lowest BCUT2D eigenvalue weighted by Crippen LogP contribution is -2.12. The molecule has 0 radical (unpaired) electrons. The maximum atomic E-state index is 11.0. The third-order valence-corrected chi connectivity index (χ3v) is 3.62. The van der Waals surface area contributed by atoms with Crippen molar-refractivity contribution in [1.29, 1.82) is 5.26 Å². The SMILES string of the molecule is COC(=O)COc1ccc(NCc2cc(C#N)cs2)cc1. The van der Waals surface area contributed by atoms with E-state index in [0.29, 0.717) is 17.9 Å². The molecule has 5 nitrogen and oxygen atoms in total. The average Bonchev–Trinajstić information content (AvgIpc) is 2.99. The molecule has 0 aliphatic carbocycles. The Kier molecular flexibility index (Phi) is 5.18. The normalized spacial score (nSPS) is 9.71. The van der Waals surface area contributed by atoms with Gasteiger partial charge in [0.05, 0.1) is 12.7 Å². The molecule has 0 bridgehead atoms. The van der Waals surface area contributed by atoms with Crippen LogP contribution in [0.3, 0.4) is 0 Å². The van der Waals surface area contributed by atoms with Crippen LogP contribution in [0.2, 0.25) is 0 Å². The zero-order valence-electron chi connectivity index (χ0n) is 11.5. The Balaban J connectivity index is 1.84. The molecule has 1 aromatic carbocycles. The number of nitriles is 1. The largest absolute Gasteiger partial charge is 0.482 e. The summed E-state index contributed by atoms with van der Waals surface area (Å²) in [7, 11) is 1.32. The minimum absolute atomic E-state index is 0.102. The maximum absolute atomic E-state index is 11.0. The zero-order valence-corrected chi connectivity index (χ0v) is 12.3. The first-order valence-corrected chi connectivity index (χ1v) is 7.10. The van der Waals surface area contributed by atoms with E-state index in [4.69, 9.17) is 10.00 Å². The monoisotopic (exact) mass is 302 g/mol. The van der Waals surface area contributed by atoms with Gasteiger partial charge in [0.2, 0.25) is 0 Å². The highest BCUT2D eigenvalue weighted by molar-refractivity contribution is 7.10. The predicted octanol–water partition coefficient (Wildman–Crippen LogP) is 2.78. The molecule has 2 aromatic rings. The van der Waals surface area contributed by atoms with Gasteiger partial charge >= 0.3 is 5.97 Å². The van der Waals surface area contributed by atoms with E-state index in [1.54, 1.807) is 23.5 Å². The fourth-order valence-corrected chi connectivity index (χ4v) is 2.34. The molecule has 0 amide bonds. The van der Waals surface area contributed by atoms with Crippen LogP contribution in [-0.2, 0) is 16.1 Å². The van der Waals surface area contributed by atoms with Gasteiger partial charge in [-0.15, -0.1) is 11.3 Å². The van der Waals surface area contributed by atoms with Crippen LogP contribution in [0, 0.1) is 11.3 Å². The van der Waals surface area contributed by atoms with Crippen molar-refractivity contribution in [3.8, 4) is 11.8 Å². The van der Waals surface area contributed by atoms with Crippen molar-refractivity contribution in [2.24, 2.45) is 0 Å². The van der Waals surface area contributed by atoms with Crippen LogP contribution in [-0.4, -0.2) is 19.7 Å². The molecule has 0 aliphatic heterocycles. The number of carbonyl (C=O) groups excluding carboxylic acids is 1. The number of benzene rings is 1. The van der Waals surface area contributed by atoms with E-state index in [1.165, 1.54) is 7.11 Å². The third kappa shape index (κ3) is 4.51. The highest BCUT2D eigenvalue weighted by Gasteiger charge is 2.02. The molecule has 1 aromatic heterocycles. The lowest BCUT2D eigenvalue weighted by molar-refractivity contribution is -0.142. The third-order valence-electron chi connectivity index (χ3n) is 2.69. The second-order valence-electron chi connectivity index (χ2n) is 4.16. The summed E-state index contributed by atoms with van der Waals surface area (Å²) in [6, 6.07) is 11.3. The Hall–Kier alpha value is -2.52. The Morgan fingerprint density at radius 2 is 2.14 bits per heavy atom. The molecule has 0 atom stereocenters. The van der Waals surface area contributed by atoms with E-state index in [2.05, 4.69) is 16.1 Å². The quantitative estimate of drug-likeness (QED) is 0.831. The first-order chi connectivity index (χ1) is 10.2. The molecule has 0 saturated heterocycles. The van der Waals surface area contributed by atoms with Gasteiger partial charge in [0, 0.05) is 22.5 Å². The summed E-state index contributed by atoms with van der Waals surface area (Å²) in [6.07, 6.45) is 0. The summed E-state index contributed by atoms with van der Waals surface area (Å²) < 4.78 is 9.75. The van der Waals surface area contributed by atoms with Crippen molar-refractivity contribution < 1.29 is 14.3 Å². The van der Waals surface area contributed by atoms with Crippen LogP contribution in [0.5, 0.6) is 5.75 Å². The molecule has 0 spiro atoms. The number of thiophene rings is 1. The van der Waals surface area contributed by atoms with E-state index in [9.17, 15) is 4.79 Å². The molecule has 2 rings (SSSR count). The average molecular weight is 302 g/mol. The molecular weight excluding hydrogens is 288 g/mol. The van der Waals surface area contributed by atoms with Gasteiger partial charge < -0.3 is 14.8 Å². The van der Waals surface area contributed by atoms with Gasteiger partial charge in [-0.3, -0.25) is 0 Å². The number of anilines is 1. The van der Waals surface area contributed by atoms with E-state index in [-0.39, 0.29) is 6.61 Å². The summed E-state index contributed by atoms with van der Waals surface area (Å²) in [5.41, 5.74) is 1.62. The number of carbonyl (C=O) groups is 1. The number of hydrogen-bond donors (Lipinski definition) is 1. The van der Waals surface area contributed by atoms with Crippen LogP contribution >= 0.6 is 11.3 Å². The Labute approximate surface area is 126 Å². The number of ether oxygens (including phenoxy) is 2. The van der Waals surface area contributed by atoms with Crippen LogP contribution < -0.4 is 10.1 Å². The maximum Gasteiger partial charge on any atom is 0.343 e. The molecule has 0 saturated carbocycles. The molecule has 1 N–H and O–H groups in total. The summed E-state index contributed by atoms with van der Waals surface area (Å²) in [5, 5.41) is 13.9. The van der Waals surface area contributed by atoms with Crippen LogP contribution in [0.1, 0.15) is 10.4 Å². The molecule has 21 heavy (non-hydrogen) atoms. The van der Waals surface area contributed by atoms with E-state index in [0.717, 1.165) is 10.6 Å². The molecule has 108 valence electrons. The molecule has 0 fully saturated rings. The van der Waals surface area contributed by atoms with Crippen molar-refractivity contribution in [3.63, 3.8) is 0 Å². The number of nitrogens with one attached hydrogen (secondary N) is 1. The van der Waals surface area contributed by atoms with Crippen molar-refractivity contribution >= 4 is 23.0 Å². The van der Waals surface area contributed by atoms with Crippen molar-refractivity contribution in [2.75, 3.05) is 19.0 Å². The van der Waals surface area contributed by atoms with E-state index < -0.39 is 5.97 Å². The summed E-state index contributed by atoms with van der Waals surface area (Å²) in [5.74, 6) is 0.192. The number of methoxy groups -OCH3 is 1. The van der Waals surface area contributed by atoms with Crippen molar-refractivity contribution in [2.45, 2.75) is 6.54 Å². The minimum atomic E-state index is -0.414. The van der Waals surface area contributed by atoms with Crippen molar-refractivity contribution in [3.05, 3.63) is 46.2 Å². The van der Waals surface area contributed by atoms with E-state index >= 15 is 0 Å². The lowest BCUT2D eigenvalue weighted by atomic mass is 10.3. The van der Waals surface area contributed by atoms with Crippen molar-refractivity contribution in [1.82, 2.24) is 0 Å². The van der Waals surface area contributed by atoms with Gasteiger partial charge in [-0.05, 0) is 30.3 Å². The zero-order chi connectivity index (χ0) is 15.1. The first-order valence-electron chi connectivity index (χ1n) is 6.22. The molecule has 0 unspecified atom stereocenters. The molecule has 6 heteroatoms. The summed E-state index contributed by atoms with van der Waals surface area (Å²) in [6.45, 7) is 0.560. The highest BCUT2D eigenvalue weighted by Crippen LogP contribution is 2.19. The van der Waals surface area contributed by atoms with Crippen LogP contribution in [0.15, 0.2) is 35.7 Å². The van der Waals surface area contributed by atoms with Gasteiger partial charge in [0.25, 0.3) is 0 Å². The van der Waals surface area contributed by atoms with Crippen LogP contribution in [0.4, 0.5) is 5.69 Å². The van der Waals surface area contributed by atoms with Gasteiger partial charge in [-0.25, -0.2) is 4.79 Å². The standard InChI is InChI=1S/C15H14N2O3S/c1-19-15(18)9-20-13-4-2-12(3-5-13)17-8-14-6-11(7-16)10-21-14/h2-6,10,17H,8-9H2,1H3. The van der Waals surface area contributed by atoms with Gasteiger partial charge in [0.1, 0.15) is 11.8 Å². The number of hydrogen-bond acceptors (Lipinski definition) is 6. The minimum Gasteiger partial charge on any atom is -0.482 e. The summed E-state index contributed by atoms with van der Waals surface area (Å²) >= 11 is 1.55. The number of nitrogens with zero attached hydrogens (tertiary/aromatic N) is 1. The predicted molar refractivity (Wildman–Crippen MR) is 80.3 cm³/mol. The van der Waals surface area contributed by atoms with Gasteiger partial charge in [-0.2, -0.15) is 5.26 Å². The smallest absolute Gasteiger partial charge is 0.343 e. The second-order valence-corrected chi connectivity index (χ2v) is 5.15. The summed E-state index contributed by atoms with van der Waals surface area (Å²) in [4.78, 5) is 12.1. The first kappa shape index (κ1) is 14.9. The van der Waals surface area contributed by atoms with Gasteiger partial charge in [-0.1, -0.05) is 0 Å². The second kappa shape index (κ2) is 7.31. The fourth-order valence-electron chi connectivity index (χ4n) is 1.59. The van der Waals surface area contributed by atoms with Gasteiger partial charge in [0.15, 0.2) is 6.61 Å². The molecule has 0 aliphatic rings. The Bertz CT molecular complexity index is 644. The lowest BCUT2D eigenvalue weighted by Gasteiger charge is -2.07. The van der Waals surface area contributed by atoms with E-state index in [1.807, 2.05) is 23.6 Å². The topological polar surface area (TPSA) is 71.3 Å². The molecular formula is C15H14N2O3S.